The Bertz CT molecular complexity index is 210. The minimum absolute atomic E-state index is 0.211. The van der Waals surface area contributed by atoms with Gasteiger partial charge in [0.15, 0.2) is 0 Å². The first-order chi connectivity index (χ1) is 6.41. The third kappa shape index (κ3) is 7.39. The van der Waals surface area contributed by atoms with Crippen molar-refractivity contribution in [2.24, 2.45) is 16.1 Å². The molecule has 0 rings (SSSR count). The van der Waals surface area contributed by atoms with Crippen LogP contribution in [0.3, 0.4) is 0 Å². The molecule has 5 heteroatoms. The monoisotopic (exact) mass is 200 g/mol. The number of hydrogen-bond donors (Lipinski definition) is 0. The summed E-state index contributed by atoms with van der Waals surface area (Å²) in [5, 5.41) is 6.36. The molecule has 0 heterocycles. The Morgan fingerprint density at radius 2 is 1.71 bits per heavy atom. The van der Waals surface area contributed by atoms with Gasteiger partial charge in [-0.3, -0.25) is 4.79 Å². The van der Waals surface area contributed by atoms with E-state index in [4.69, 9.17) is 0 Å². The summed E-state index contributed by atoms with van der Waals surface area (Å²) in [6, 6.07) is 0. The Kier molecular flexibility index (Phi) is 5.67. The molecule has 0 unspecified atom stereocenters. The van der Waals surface area contributed by atoms with Crippen LogP contribution >= 0.6 is 0 Å². The fourth-order valence-electron chi connectivity index (χ4n) is 0.712. The number of nitrogens with zero attached hydrogens (tertiary/aromatic N) is 2. The SMILES string of the molecule is CC(C)CC(=O)N=NC(=O)OC(C)C. The van der Waals surface area contributed by atoms with E-state index in [-0.39, 0.29) is 12.0 Å². The second-order valence-corrected chi connectivity index (χ2v) is 3.62. The molecule has 0 fully saturated rings. The van der Waals surface area contributed by atoms with E-state index in [0.29, 0.717) is 6.42 Å². The summed E-state index contributed by atoms with van der Waals surface area (Å²) in [5.74, 6) is -0.191. The first-order valence-corrected chi connectivity index (χ1v) is 4.57. The van der Waals surface area contributed by atoms with E-state index in [9.17, 15) is 9.59 Å². The molecule has 14 heavy (non-hydrogen) atoms. The van der Waals surface area contributed by atoms with E-state index in [0.717, 1.165) is 0 Å². The molecule has 2 amide bonds. The van der Waals surface area contributed by atoms with Crippen LogP contribution in [0.25, 0.3) is 0 Å². The topological polar surface area (TPSA) is 68.1 Å². The maximum absolute atomic E-state index is 11.0. The molecule has 0 saturated heterocycles. The van der Waals surface area contributed by atoms with E-state index < -0.39 is 12.0 Å². The maximum Gasteiger partial charge on any atom is 0.452 e. The number of rotatable bonds is 3. The number of carbonyl (C=O) groups is 2. The third-order valence-electron chi connectivity index (χ3n) is 1.16. The van der Waals surface area contributed by atoms with Crippen LogP contribution < -0.4 is 0 Å². The largest absolute Gasteiger partial charge is 0.452 e. The quantitative estimate of drug-likeness (QED) is 0.657. The lowest BCUT2D eigenvalue weighted by atomic mass is 10.1. The normalized spacial score (nSPS) is 11.3. The van der Waals surface area contributed by atoms with Gasteiger partial charge in [-0.1, -0.05) is 19.0 Å². The van der Waals surface area contributed by atoms with Crippen molar-refractivity contribution in [3.8, 4) is 0 Å². The summed E-state index contributed by atoms with van der Waals surface area (Å²) in [4.78, 5) is 21.8. The van der Waals surface area contributed by atoms with Crippen molar-refractivity contribution in [1.82, 2.24) is 0 Å². The van der Waals surface area contributed by atoms with Gasteiger partial charge in [0.05, 0.1) is 6.10 Å². The molecule has 0 atom stereocenters. The van der Waals surface area contributed by atoms with Gasteiger partial charge in [-0.2, -0.15) is 0 Å². The van der Waals surface area contributed by atoms with Crippen molar-refractivity contribution in [2.45, 2.75) is 40.2 Å². The van der Waals surface area contributed by atoms with Crippen LogP contribution in [0, 0.1) is 5.92 Å². The van der Waals surface area contributed by atoms with Gasteiger partial charge in [-0.15, -0.1) is 5.11 Å². The Balaban J connectivity index is 3.92. The molecule has 0 spiro atoms. The predicted molar refractivity (Wildman–Crippen MR) is 50.9 cm³/mol. The second kappa shape index (κ2) is 6.23. The zero-order valence-corrected chi connectivity index (χ0v) is 8.98. The minimum atomic E-state index is -0.822. The number of amides is 2. The molecule has 0 aliphatic rings. The van der Waals surface area contributed by atoms with Crippen LogP contribution in [0.4, 0.5) is 4.79 Å². The van der Waals surface area contributed by atoms with Crippen molar-refractivity contribution in [2.75, 3.05) is 0 Å². The van der Waals surface area contributed by atoms with Gasteiger partial charge in [0.25, 0.3) is 5.91 Å². The van der Waals surface area contributed by atoms with Gasteiger partial charge < -0.3 is 4.74 Å². The summed E-state index contributed by atoms with van der Waals surface area (Å²) >= 11 is 0. The molecule has 0 radical (unpaired) electrons. The fraction of sp³-hybridized carbons (Fsp3) is 0.778. The van der Waals surface area contributed by atoms with Crippen molar-refractivity contribution in [3.63, 3.8) is 0 Å². The first-order valence-electron chi connectivity index (χ1n) is 4.57. The summed E-state index contributed by atoms with van der Waals surface area (Å²) < 4.78 is 4.65. The predicted octanol–water partition coefficient (Wildman–Crippen LogP) is 2.56. The number of hydrogen-bond acceptors (Lipinski definition) is 3. The van der Waals surface area contributed by atoms with Gasteiger partial charge in [0, 0.05) is 6.42 Å². The molecule has 0 bridgehead atoms. The molecule has 0 aliphatic carbocycles. The smallest absolute Gasteiger partial charge is 0.444 e. The summed E-state index contributed by atoms with van der Waals surface area (Å²) in [6.45, 7) is 7.17. The molecule has 5 nitrogen and oxygen atoms in total. The van der Waals surface area contributed by atoms with E-state index in [1.807, 2.05) is 13.8 Å². The maximum atomic E-state index is 11.0. The summed E-state index contributed by atoms with van der Waals surface area (Å²) in [6.07, 6.45) is -0.780. The van der Waals surface area contributed by atoms with Crippen LogP contribution in [-0.2, 0) is 9.53 Å². The number of ether oxygens (including phenoxy) is 1. The molecule has 0 aromatic rings. The first kappa shape index (κ1) is 12.7. The van der Waals surface area contributed by atoms with Gasteiger partial charge in [0.2, 0.25) is 0 Å². The van der Waals surface area contributed by atoms with E-state index in [2.05, 4.69) is 15.0 Å². The minimum Gasteiger partial charge on any atom is -0.444 e. The van der Waals surface area contributed by atoms with Gasteiger partial charge in [-0.05, 0) is 19.8 Å². The number of azo groups is 1. The lowest BCUT2D eigenvalue weighted by Gasteiger charge is -2.02. The average molecular weight is 200 g/mol. The highest BCUT2D eigenvalue weighted by atomic mass is 16.6. The Hall–Kier alpha value is -1.26. The molecular formula is C9H16N2O3. The van der Waals surface area contributed by atoms with Gasteiger partial charge >= 0.3 is 6.09 Å². The van der Waals surface area contributed by atoms with E-state index in [1.54, 1.807) is 13.8 Å². The lowest BCUT2D eigenvalue weighted by molar-refractivity contribution is -0.119. The Morgan fingerprint density at radius 1 is 1.14 bits per heavy atom. The Labute approximate surface area is 83.5 Å². The highest BCUT2D eigenvalue weighted by molar-refractivity contribution is 5.78. The third-order valence-corrected chi connectivity index (χ3v) is 1.16. The van der Waals surface area contributed by atoms with E-state index >= 15 is 0 Å². The van der Waals surface area contributed by atoms with Crippen LogP contribution in [0.5, 0.6) is 0 Å². The zero-order valence-electron chi connectivity index (χ0n) is 8.98. The molecule has 0 aliphatic heterocycles. The summed E-state index contributed by atoms with van der Waals surface area (Å²) in [5.41, 5.74) is 0. The van der Waals surface area contributed by atoms with Crippen molar-refractivity contribution in [3.05, 3.63) is 0 Å². The average Bonchev–Trinajstić information content (AvgIpc) is 1.98. The zero-order chi connectivity index (χ0) is 11.1. The molecule has 0 aromatic heterocycles. The highest BCUT2D eigenvalue weighted by Gasteiger charge is 2.06. The van der Waals surface area contributed by atoms with Crippen molar-refractivity contribution >= 4 is 12.0 Å². The molecule has 0 saturated carbocycles. The fourth-order valence-corrected chi connectivity index (χ4v) is 0.712. The summed E-state index contributed by atoms with van der Waals surface area (Å²) in [7, 11) is 0. The van der Waals surface area contributed by atoms with Crippen LogP contribution in [0.1, 0.15) is 34.1 Å². The molecule has 80 valence electrons. The van der Waals surface area contributed by atoms with Crippen molar-refractivity contribution in [1.29, 1.82) is 0 Å². The standard InChI is InChI=1S/C9H16N2O3/c1-6(2)5-8(12)10-11-9(13)14-7(3)4/h6-7H,5H2,1-4H3. The molecule has 0 N–H and O–H groups in total. The van der Waals surface area contributed by atoms with Gasteiger partial charge in [-0.25, -0.2) is 4.79 Å². The van der Waals surface area contributed by atoms with Gasteiger partial charge in [0.1, 0.15) is 0 Å². The highest BCUT2D eigenvalue weighted by Crippen LogP contribution is 2.01. The van der Waals surface area contributed by atoms with Crippen LogP contribution in [-0.4, -0.2) is 18.1 Å². The molecular weight excluding hydrogens is 184 g/mol. The lowest BCUT2D eigenvalue weighted by Crippen LogP contribution is -2.07. The van der Waals surface area contributed by atoms with Crippen LogP contribution in [0.15, 0.2) is 10.2 Å². The molecule has 0 aromatic carbocycles. The Morgan fingerprint density at radius 3 is 2.14 bits per heavy atom. The number of carbonyl (C=O) groups excluding carboxylic acids is 2. The second-order valence-electron chi connectivity index (χ2n) is 3.62. The van der Waals surface area contributed by atoms with E-state index in [1.165, 1.54) is 0 Å². The van der Waals surface area contributed by atoms with Crippen molar-refractivity contribution < 1.29 is 14.3 Å². The van der Waals surface area contributed by atoms with Crippen LogP contribution in [0.2, 0.25) is 0 Å².